The van der Waals surface area contributed by atoms with Gasteiger partial charge in [-0.1, -0.05) is 226 Å². The molecule has 0 bridgehead atoms. The molecule has 332 valence electrons. The Morgan fingerprint density at radius 3 is 1.10 bits per heavy atom. The lowest BCUT2D eigenvalue weighted by molar-refractivity contribution is 0.768. The lowest BCUT2D eigenvalue weighted by Gasteiger charge is -2.34. The molecule has 0 aliphatic heterocycles. The maximum atomic E-state index is 5.51. The van der Waals surface area contributed by atoms with Crippen molar-refractivity contribution in [3.63, 3.8) is 0 Å². The minimum absolute atomic E-state index is 0.580. The predicted octanol–water partition coefficient (Wildman–Crippen LogP) is 16.9. The molecule has 0 atom stereocenters. The summed E-state index contributed by atoms with van der Waals surface area (Å²) in [5.74, 6) is 1.82. The number of hydrogen-bond donors (Lipinski definition) is 0. The number of hydrogen-bond acceptors (Lipinski definition) is 3. The quantitative estimate of drug-likeness (QED) is 0.130. The fraction of sp³-hybridized carbons (Fsp3) is 0.0597. The van der Waals surface area contributed by atoms with E-state index in [0.29, 0.717) is 17.5 Å². The molecule has 3 nitrogen and oxygen atoms in total. The summed E-state index contributed by atoms with van der Waals surface area (Å²) in [6.07, 6.45) is 2.16. The summed E-state index contributed by atoms with van der Waals surface area (Å²) in [6, 6.07) is 91.8. The van der Waals surface area contributed by atoms with Gasteiger partial charge in [-0.2, -0.15) is 0 Å². The van der Waals surface area contributed by atoms with Crippen molar-refractivity contribution in [1.82, 2.24) is 15.0 Å². The summed E-state index contributed by atoms with van der Waals surface area (Å²) >= 11 is 0. The first-order chi connectivity index (χ1) is 34.6. The minimum atomic E-state index is -0.580. The van der Waals surface area contributed by atoms with Crippen LogP contribution in [-0.2, 0) is 11.8 Å². The Bertz CT molecular complexity index is 3530. The second kappa shape index (κ2) is 18.4. The molecule has 0 saturated heterocycles. The normalized spacial score (nSPS) is 12.3. The highest BCUT2D eigenvalue weighted by molar-refractivity contribution is 5.89. The molecule has 1 aliphatic carbocycles. The summed E-state index contributed by atoms with van der Waals surface area (Å²) in [4.78, 5) is 16.5. The fourth-order valence-electron chi connectivity index (χ4n) is 10.6. The maximum Gasteiger partial charge on any atom is 0.164 e. The molecule has 0 spiro atoms. The molecule has 12 rings (SSSR count). The molecule has 0 radical (unpaired) electrons. The van der Waals surface area contributed by atoms with Crippen molar-refractivity contribution < 1.29 is 0 Å². The second-order valence-electron chi connectivity index (χ2n) is 18.2. The SMILES string of the molecule is CCCc1ccc(-c2cc(-c3ccccc3)cc(-c3nc(-c4cc(-c5ccccc5)cc(-c5ccccc5)c4)nc(-c4ccc5c(c4)C(c4ccccc4)(c4ccccc4)c4ccccc4-5)n3)c2)cc1. The van der Waals surface area contributed by atoms with Crippen molar-refractivity contribution in [2.24, 2.45) is 0 Å². The van der Waals surface area contributed by atoms with E-state index in [1.54, 1.807) is 0 Å². The van der Waals surface area contributed by atoms with Gasteiger partial charge in [0.1, 0.15) is 0 Å². The van der Waals surface area contributed by atoms with Crippen LogP contribution >= 0.6 is 0 Å². The molecule has 3 heteroatoms. The zero-order valence-corrected chi connectivity index (χ0v) is 39.0. The van der Waals surface area contributed by atoms with Gasteiger partial charge in [0.15, 0.2) is 17.5 Å². The van der Waals surface area contributed by atoms with E-state index < -0.39 is 5.41 Å². The molecule has 0 unspecified atom stereocenters. The van der Waals surface area contributed by atoms with Crippen LogP contribution in [0.3, 0.4) is 0 Å². The molecule has 11 aromatic rings. The second-order valence-corrected chi connectivity index (χ2v) is 18.2. The zero-order chi connectivity index (χ0) is 46.9. The van der Waals surface area contributed by atoms with Crippen LogP contribution in [0.2, 0.25) is 0 Å². The largest absolute Gasteiger partial charge is 0.208 e. The van der Waals surface area contributed by atoms with Gasteiger partial charge >= 0.3 is 0 Å². The zero-order valence-electron chi connectivity index (χ0n) is 39.0. The molecule has 0 N–H and O–H groups in total. The van der Waals surface area contributed by atoms with E-state index in [1.165, 1.54) is 38.9 Å². The Morgan fingerprint density at radius 1 is 0.286 bits per heavy atom. The fourth-order valence-corrected chi connectivity index (χ4v) is 10.6. The van der Waals surface area contributed by atoms with E-state index in [2.05, 4.69) is 262 Å². The molecular weight excluding hydrogens is 847 g/mol. The highest BCUT2D eigenvalue weighted by Crippen LogP contribution is 2.56. The van der Waals surface area contributed by atoms with E-state index in [9.17, 15) is 0 Å². The topological polar surface area (TPSA) is 38.7 Å². The van der Waals surface area contributed by atoms with Gasteiger partial charge in [-0.3, -0.25) is 0 Å². The van der Waals surface area contributed by atoms with Gasteiger partial charge in [0.2, 0.25) is 0 Å². The van der Waals surface area contributed by atoms with Gasteiger partial charge in [-0.25, -0.2) is 15.0 Å². The van der Waals surface area contributed by atoms with Gasteiger partial charge in [0.25, 0.3) is 0 Å². The van der Waals surface area contributed by atoms with Crippen molar-refractivity contribution in [3.8, 4) is 89.8 Å². The molecule has 1 aliphatic rings. The molecule has 1 aromatic heterocycles. The van der Waals surface area contributed by atoms with Gasteiger partial charge in [0.05, 0.1) is 5.41 Å². The molecule has 0 saturated carbocycles. The number of fused-ring (bicyclic) bond motifs is 3. The standard InChI is InChI=1S/C67H49N3/c1-2-20-46-33-35-50(36-34-46)55-40-54(49-25-12-5-13-26-49)43-57(44-55)66-69-64(68-65(70-66)56-41-52(47-21-8-3-9-22-47)39-53(42-56)48-23-10-4-11-24-48)51-37-38-61-60-31-18-19-32-62(60)67(63(61)45-51,58-27-14-6-15-28-58)59-29-16-7-17-30-59/h3-19,21-45H,2,20H2,1H3. The maximum absolute atomic E-state index is 5.51. The van der Waals surface area contributed by atoms with Gasteiger partial charge in [-0.15, -0.1) is 0 Å². The number of rotatable bonds is 11. The summed E-state index contributed by atoms with van der Waals surface area (Å²) in [6.45, 7) is 2.23. The van der Waals surface area contributed by atoms with Crippen LogP contribution in [0.25, 0.3) is 89.8 Å². The number of nitrogens with zero attached hydrogens (tertiary/aromatic N) is 3. The van der Waals surface area contributed by atoms with E-state index in [1.807, 2.05) is 0 Å². The third-order valence-corrected chi connectivity index (χ3v) is 13.9. The molecule has 10 aromatic carbocycles. The van der Waals surface area contributed by atoms with Crippen molar-refractivity contribution in [2.75, 3.05) is 0 Å². The van der Waals surface area contributed by atoms with Crippen molar-refractivity contribution >= 4 is 0 Å². The third-order valence-electron chi connectivity index (χ3n) is 13.9. The van der Waals surface area contributed by atoms with Crippen molar-refractivity contribution in [3.05, 3.63) is 283 Å². The number of aromatic nitrogens is 3. The van der Waals surface area contributed by atoms with E-state index in [0.717, 1.165) is 74.0 Å². The van der Waals surface area contributed by atoms with Crippen LogP contribution in [0.15, 0.2) is 255 Å². The summed E-state index contributed by atoms with van der Waals surface area (Å²) in [7, 11) is 0. The predicted molar refractivity (Wildman–Crippen MR) is 289 cm³/mol. The molecule has 1 heterocycles. The van der Waals surface area contributed by atoms with Crippen LogP contribution in [0.5, 0.6) is 0 Å². The molecular formula is C67H49N3. The molecule has 0 fully saturated rings. The number of benzene rings is 10. The summed E-state index contributed by atoms with van der Waals surface area (Å²) < 4.78 is 0. The minimum Gasteiger partial charge on any atom is -0.208 e. The van der Waals surface area contributed by atoms with Crippen molar-refractivity contribution in [2.45, 2.75) is 25.2 Å². The van der Waals surface area contributed by atoms with Crippen LogP contribution in [-0.4, -0.2) is 15.0 Å². The Balaban J connectivity index is 1.12. The monoisotopic (exact) mass is 895 g/mol. The first-order valence-corrected chi connectivity index (χ1v) is 24.3. The van der Waals surface area contributed by atoms with Crippen LogP contribution < -0.4 is 0 Å². The van der Waals surface area contributed by atoms with E-state index in [4.69, 9.17) is 15.0 Å². The third kappa shape index (κ3) is 7.82. The highest BCUT2D eigenvalue weighted by Gasteiger charge is 2.46. The van der Waals surface area contributed by atoms with Gasteiger partial charge < -0.3 is 0 Å². The average molecular weight is 896 g/mol. The lowest BCUT2D eigenvalue weighted by atomic mass is 9.67. The Kier molecular flexibility index (Phi) is 11.2. The molecule has 70 heavy (non-hydrogen) atoms. The van der Waals surface area contributed by atoms with Crippen LogP contribution in [0.4, 0.5) is 0 Å². The Morgan fingerprint density at radius 2 is 0.643 bits per heavy atom. The Labute approximate surface area is 410 Å². The summed E-state index contributed by atoms with van der Waals surface area (Å²) in [5, 5.41) is 0. The highest BCUT2D eigenvalue weighted by atomic mass is 15.0. The first kappa shape index (κ1) is 42.6. The average Bonchev–Trinajstić information content (AvgIpc) is 3.74. The van der Waals surface area contributed by atoms with Crippen LogP contribution in [0.1, 0.15) is 41.2 Å². The lowest BCUT2D eigenvalue weighted by Crippen LogP contribution is -2.28. The van der Waals surface area contributed by atoms with Crippen molar-refractivity contribution in [1.29, 1.82) is 0 Å². The van der Waals surface area contributed by atoms with E-state index in [-0.39, 0.29) is 0 Å². The van der Waals surface area contributed by atoms with Crippen LogP contribution in [0, 0.1) is 0 Å². The first-order valence-electron chi connectivity index (χ1n) is 24.3. The molecule has 0 amide bonds. The smallest absolute Gasteiger partial charge is 0.164 e. The van der Waals surface area contributed by atoms with Gasteiger partial charge in [-0.05, 0) is 132 Å². The summed E-state index contributed by atoms with van der Waals surface area (Å²) in [5.41, 5.74) is 19.7. The Hall–Kier alpha value is -8.79. The van der Waals surface area contributed by atoms with E-state index >= 15 is 0 Å². The number of aryl methyl sites for hydroxylation is 1. The van der Waals surface area contributed by atoms with Gasteiger partial charge in [0, 0.05) is 16.7 Å².